The molecule has 40 heavy (non-hydrogen) atoms. The molecule has 0 radical (unpaired) electrons. The predicted molar refractivity (Wildman–Crippen MR) is 154 cm³/mol. The number of ketones is 1. The van der Waals surface area contributed by atoms with Crippen molar-refractivity contribution >= 4 is 45.7 Å². The number of halogens is 1. The van der Waals surface area contributed by atoms with Crippen molar-refractivity contribution in [3.05, 3.63) is 106 Å². The standard InChI is InChI=1S/C30H26FN3O4S2/c1-3-15-38-23-6-4-5-21(16-23)25-24(26(35)20-11-13-22(31)14-12-20)27(36)28(37)34(25)29-32-33-30(40-29)39-17-19-9-7-18(2)8-10-19/h4-14,16,25,35H,3,15,17H2,1-2H3/b26-24+. The minimum Gasteiger partial charge on any atom is -0.507 e. The Morgan fingerprint density at radius 1 is 1.07 bits per heavy atom. The van der Waals surface area contributed by atoms with E-state index in [-0.39, 0.29) is 16.3 Å². The van der Waals surface area contributed by atoms with Crippen molar-refractivity contribution < 1.29 is 23.8 Å². The van der Waals surface area contributed by atoms with Crippen molar-refractivity contribution in [1.82, 2.24) is 10.2 Å². The molecule has 1 aliphatic rings. The SMILES string of the molecule is CCCOc1cccc(C2/C(=C(\O)c3ccc(F)cc3)C(=O)C(=O)N2c2nnc(SCc3ccc(C)cc3)s2)c1. The average molecular weight is 576 g/mol. The largest absolute Gasteiger partial charge is 0.507 e. The number of benzene rings is 3. The van der Waals surface area contributed by atoms with Gasteiger partial charge < -0.3 is 9.84 Å². The molecular formula is C30H26FN3O4S2. The summed E-state index contributed by atoms with van der Waals surface area (Å²) in [6.07, 6.45) is 0.807. The Balaban J connectivity index is 1.54. The van der Waals surface area contributed by atoms with Crippen molar-refractivity contribution in [1.29, 1.82) is 0 Å². The normalized spacial score (nSPS) is 16.5. The second-order valence-electron chi connectivity index (χ2n) is 9.22. The van der Waals surface area contributed by atoms with Gasteiger partial charge in [0.05, 0.1) is 18.2 Å². The Morgan fingerprint density at radius 3 is 2.55 bits per heavy atom. The fourth-order valence-electron chi connectivity index (χ4n) is 4.29. The molecule has 0 spiro atoms. The highest BCUT2D eigenvalue weighted by Gasteiger charge is 2.48. The van der Waals surface area contributed by atoms with Gasteiger partial charge in [0.15, 0.2) is 4.34 Å². The predicted octanol–water partition coefficient (Wildman–Crippen LogP) is 6.69. The molecule has 0 bridgehead atoms. The summed E-state index contributed by atoms with van der Waals surface area (Å²) in [5.74, 6) is -1.35. The maximum absolute atomic E-state index is 13.6. The van der Waals surface area contributed by atoms with E-state index < -0.39 is 29.3 Å². The van der Waals surface area contributed by atoms with Gasteiger partial charge in [0.2, 0.25) is 5.13 Å². The smallest absolute Gasteiger partial charge is 0.301 e. The number of Topliss-reactive ketones (excluding diaryl/α,β-unsaturated/α-hetero) is 1. The monoisotopic (exact) mass is 575 g/mol. The van der Waals surface area contributed by atoms with E-state index in [1.54, 1.807) is 24.3 Å². The highest BCUT2D eigenvalue weighted by Crippen LogP contribution is 2.44. The number of carbonyl (C=O) groups is 2. The molecule has 1 atom stereocenters. The van der Waals surface area contributed by atoms with Crippen LogP contribution in [-0.2, 0) is 15.3 Å². The second kappa shape index (κ2) is 12.0. The van der Waals surface area contributed by atoms with Crippen LogP contribution in [0.5, 0.6) is 5.75 Å². The molecule has 2 heterocycles. The maximum Gasteiger partial charge on any atom is 0.301 e. The molecule has 1 aromatic heterocycles. The molecule has 10 heteroatoms. The fourth-order valence-corrected chi connectivity index (χ4v) is 6.11. The van der Waals surface area contributed by atoms with Crippen LogP contribution in [0.1, 0.15) is 41.6 Å². The van der Waals surface area contributed by atoms with E-state index in [0.717, 1.165) is 12.0 Å². The number of nitrogens with zero attached hydrogens (tertiary/aromatic N) is 3. The second-order valence-corrected chi connectivity index (χ2v) is 11.4. The first-order chi connectivity index (χ1) is 19.4. The van der Waals surface area contributed by atoms with Crippen LogP contribution < -0.4 is 9.64 Å². The zero-order valence-corrected chi connectivity index (χ0v) is 23.5. The van der Waals surface area contributed by atoms with Gasteiger partial charge >= 0.3 is 5.91 Å². The number of carbonyl (C=O) groups excluding carboxylic acids is 2. The highest BCUT2D eigenvalue weighted by atomic mass is 32.2. The third-order valence-electron chi connectivity index (χ3n) is 6.29. The van der Waals surface area contributed by atoms with Gasteiger partial charge in [-0.2, -0.15) is 0 Å². The number of aliphatic hydroxyl groups excluding tert-OH is 1. The lowest BCUT2D eigenvalue weighted by Gasteiger charge is -2.23. The number of aliphatic hydroxyl groups is 1. The molecule has 4 aromatic rings. The fraction of sp³-hybridized carbons (Fsp3) is 0.200. The summed E-state index contributed by atoms with van der Waals surface area (Å²) in [6, 6.07) is 19.3. The third-order valence-corrected chi connectivity index (χ3v) is 8.42. The van der Waals surface area contributed by atoms with Gasteiger partial charge in [-0.1, -0.05) is 72.0 Å². The third kappa shape index (κ3) is 5.78. The van der Waals surface area contributed by atoms with Crippen LogP contribution in [0.25, 0.3) is 5.76 Å². The minimum atomic E-state index is -0.988. The number of anilines is 1. The molecule has 1 fully saturated rings. The highest BCUT2D eigenvalue weighted by molar-refractivity contribution is 8.00. The summed E-state index contributed by atoms with van der Waals surface area (Å²) in [7, 11) is 0. The minimum absolute atomic E-state index is 0.117. The van der Waals surface area contributed by atoms with E-state index in [9.17, 15) is 19.1 Å². The van der Waals surface area contributed by atoms with Crippen LogP contribution in [0.15, 0.2) is 82.7 Å². The maximum atomic E-state index is 13.6. The van der Waals surface area contributed by atoms with E-state index in [4.69, 9.17) is 4.74 Å². The summed E-state index contributed by atoms with van der Waals surface area (Å²) >= 11 is 2.67. The molecule has 204 valence electrons. The molecule has 0 saturated carbocycles. The van der Waals surface area contributed by atoms with Crippen molar-refractivity contribution in [3.8, 4) is 5.75 Å². The lowest BCUT2D eigenvalue weighted by atomic mass is 9.95. The molecule has 1 unspecified atom stereocenters. The number of aryl methyl sites for hydroxylation is 1. The van der Waals surface area contributed by atoms with Gasteiger partial charge in [-0.15, -0.1) is 10.2 Å². The van der Waals surface area contributed by atoms with E-state index in [1.807, 2.05) is 38.1 Å². The van der Waals surface area contributed by atoms with Crippen LogP contribution in [-0.4, -0.2) is 33.6 Å². The Kier molecular flexibility index (Phi) is 8.27. The Labute approximate surface area is 239 Å². The van der Waals surface area contributed by atoms with Crippen LogP contribution in [0.4, 0.5) is 9.52 Å². The number of aromatic nitrogens is 2. The van der Waals surface area contributed by atoms with Crippen LogP contribution in [0.2, 0.25) is 0 Å². The number of hydrogen-bond acceptors (Lipinski definition) is 8. The van der Waals surface area contributed by atoms with Crippen LogP contribution >= 0.6 is 23.1 Å². The number of ether oxygens (including phenoxy) is 1. The molecule has 1 N–H and O–H groups in total. The Morgan fingerprint density at radius 2 is 1.82 bits per heavy atom. The quantitative estimate of drug-likeness (QED) is 0.0781. The molecule has 1 amide bonds. The van der Waals surface area contributed by atoms with Gasteiger partial charge in [0.25, 0.3) is 5.78 Å². The van der Waals surface area contributed by atoms with Crippen molar-refractivity contribution in [3.63, 3.8) is 0 Å². The summed E-state index contributed by atoms with van der Waals surface area (Å²) in [6.45, 7) is 4.52. The van der Waals surface area contributed by atoms with Crippen LogP contribution in [0, 0.1) is 12.7 Å². The number of rotatable bonds is 9. The molecule has 5 rings (SSSR count). The molecule has 7 nitrogen and oxygen atoms in total. The topological polar surface area (TPSA) is 92.6 Å². The lowest BCUT2D eigenvalue weighted by molar-refractivity contribution is -0.132. The molecule has 3 aromatic carbocycles. The lowest BCUT2D eigenvalue weighted by Crippen LogP contribution is -2.29. The summed E-state index contributed by atoms with van der Waals surface area (Å²) < 4.78 is 20.0. The summed E-state index contributed by atoms with van der Waals surface area (Å²) in [5.41, 5.74) is 2.95. The van der Waals surface area contributed by atoms with Crippen molar-refractivity contribution in [2.45, 2.75) is 36.4 Å². The first-order valence-corrected chi connectivity index (χ1v) is 14.5. The zero-order chi connectivity index (χ0) is 28.2. The Hall–Kier alpha value is -4.02. The zero-order valence-electron chi connectivity index (χ0n) is 21.8. The first kappa shape index (κ1) is 27.5. The number of thioether (sulfide) groups is 1. The molecular weight excluding hydrogens is 549 g/mol. The van der Waals surface area contributed by atoms with Gasteiger partial charge in [0, 0.05) is 11.3 Å². The number of amides is 1. The first-order valence-electron chi connectivity index (χ1n) is 12.7. The molecule has 1 saturated heterocycles. The van der Waals surface area contributed by atoms with E-state index in [2.05, 4.69) is 10.2 Å². The number of hydrogen-bond donors (Lipinski definition) is 1. The van der Waals surface area contributed by atoms with Gasteiger partial charge in [-0.3, -0.25) is 14.5 Å². The average Bonchev–Trinajstić information content (AvgIpc) is 3.53. The van der Waals surface area contributed by atoms with Gasteiger partial charge in [-0.25, -0.2) is 4.39 Å². The van der Waals surface area contributed by atoms with Crippen molar-refractivity contribution in [2.24, 2.45) is 0 Å². The molecule has 1 aliphatic heterocycles. The summed E-state index contributed by atoms with van der Waals surface area (Å²) in [5, 5.41) is 20.0. The summed E-state index contributed by atoms with van der Waals surface area (Å²) in [4.78, 5) is 28.1. The molecule has 0 aliphatic carbocycles. The van der Waals surface area contributed by atoms with E-state index in [0.29, 0.717) is 28.0 Å². The van der Waals surface area contributed by atoms with Crippen molar-refractivity contribution in [2.75, 3.05) is 11.5 Å². The van der Waals surface area contributed by atoms with Crippen LogP contribution in [0.3, 0.4) is 0 Å². The van der Waals surface area contributed by atoms with E-state index in [1.165, 1.54) is 57.8 Å². The van der Waals surface area contributed by atoms with E-state index >= 15 is 0 Å². The van der Waals surface area contributed by atoms with Gasteiger partial charge in [-0.05, 0) is 60.9 Å². The van der Waals surface area contributed by atoms with Gasteiger partial charge in [0.1, 0.15) is 17.3 Å². The Bertz CT molecular complexity index is 1570.